The molecule has 0 amide bonds. The third kappa shape index (κ3) is 11.5. The molecule has 0 aromatic heterocycles. The van der Waals surface area contributed by atoms with Crippen molar-refractivity contribution in [1.82, 2.24) is 0 Å². The van der Waals surface area contributed by atoms with E-state index < -0.39 is 0 Å². The monoisotopic (exact) mass is 462 g/mol. The molecule has 1 nitrogen and oxygen atoms in total. The highest BCUT2D eigenvalue weighted by Gasteiger charge is 2.44. The minimum Gasteiger partial charge on any atom is -0.369 e. The lowest BCUT2D eigenvalue weighted by molar-refractivity contribution is -0.197. The summed E-state index contributed by atoms with van der Waals surface area (Å²) in [5.41, 5.74) is 0.412. The quantitative estimate of drug-likeness (QED) is 0.184. The molecule has 0 saturated heterocycles. The van der Waals surface area contributed by atoms with Crippen LogP contribution >= 0.6 is 0 Å². The number of ether oxygens (including phenoxy) is 1. The predicted molar refractivity (Wildman–Crippen MR) is 147 cm³/mol. The summed E-state index contributed by atoms with van der Waals surface area (Å²) in [6, 6.07) is 0. The van der Waals surface area contributed by atoms with Crippen LogP contribution in [-0.2, 0) is 4.74 Å². The zero-order chi connectivity index (χ0) is 23.8. The fourth-order valence-electron chi connectivity index (χ4n) is 6.65. The van der Waals surface area contributed by atoms with E-state index in [1.165, 1.54) is 154 Å². The van der Waals surface area contributed by atoms with Gasteiger partial charge in [-0.15, -0.1) is 0 Å². The molecule has 196 valence electrons. The van der Waals surface area contributed by atoms with Crippen molar-refractivity contribution in [3.05, 3.63) is 0 Å². The lowest BCUT2D eigenvalue weighted by atomic mass is 9.73. The van der Waals surface area contributed by atoms with E-state index in [-0.39, 0.29) is 11.2 Å². The highest BCUT2D eigenvalue weighted by molar-refractivity contribution is 4.94. The van der Waals surface area contributed by atoms with Crippen LogP contribution in [0.4, 0.5) is 0 Å². The Balaban J connectivity index is 1.90. The molecule has 33 heavy (non-hydrogen) atoms. The van der Waals surface area contributed by atoms with Crippen molar-refractivity contribution in [3.8, 4) is 0 Å². The molecule has 2 saturated carbocycles. The van der Waals surface area contributed by atoms with Gasteiger partial charge in [0.05, 0.1) is 11.2 Å². The van der Waals surface area contributed by atoms with Gasteiger partial charge in [0.1, 0.15) is 0 Å². The molecule has 0 bridgehead atoms. The number of hydrogen-bond donors (Lipinski definition) is 0. The zero-order valence-corrected chi connectivity index (χ0v) is 23.5. The molecule has 0 aromatic carbocycles. The van der Waals surface area contributed by atoms with E-state index in [0.717, 1.165) is 11.8 Å². The fourth-order valence-corrected chi connectivity index (χ4v) is 6.65. The van der Waals surface area contributed by atoms with E-state index in [0.29, 0.717) is 0 Å². The standard InChI is InChI=1S/C32H62O/c1-5-7-9-11-13-15-17-23-31(25-19-29(3)20-26-31)33-32(27-21-30(4)22-28-32)24-18-16-14-12-10-8-6-2/h29-30H,5-28H2,1-4H3. The maximum absolute atomic E-state index is 7.49. The van der Waals surface area contributed by atoms with Gasteiger partial charge in [-0.05, 0) is 76.0 Å². The topological polar surface area (TPSA) is 9.23 Å². The molecule has 0 heterocycles. The number of rotatable bonds is 18. The Bertz CT molecular complexity index is 411. The van der Waals surface area contributed by atoms with Gasteiger partial charge in [0, 0.05) is 0 Å². The zero-order valence-electron chi connectivity index (χ0n) is 23.5. The number of hydrogen-bond acceptors (Lipinski definition) is 1. The summed E-state index contributed by atoms with van der Waals surface area (Å²) in [7, 11) is 0. The molecule has 0 atom stereocenters. The van der Waals surface area contributed by atoms with Crippen LogP contribution in [0.2, 0.25) is 0 Å². The summed E-state index contributed by atoms with van der Waals surface area (Å²) in [4.78, 5) is 0. The Labute approximate surface area is 209 Å². The minimum absolute atomic E-state index is 0.206. The SMILES string of the molecule is CCCCCCCCCC1(OC2(CCCCCCCCC)CCC(C)CC2)CCC(C)CC1. The van der Waals surface area contributed by atoms with Crippen molar-refractivity contribution in [2.75, 3.05) is 0 Å². The lowest BCUT2D eigenvalue weighted by Gasteiger charge is -2.50. The van der Waals surface area contributed by atoms with Gasteiger partial charge in [0.15, 0.2) is 0 Å². The second kappa shape index (κ2) is 16.6. The van der Waals surface area contributed by atoms with E-state index in [2.05, 4.69) is 27.7 Å². The predicted octanol–water partition coefficient (Wildman–Crippen LogP) is 11.2. The van der Waals surface area contributed by atoms with E-state index >= 15 is 0 Å². The first-order chi connectivity index (χ1) is 16.0. The first-order valence-electron chi connectivity index (χ1n) is 15.7. The van der Waals surface area contributed by atoms with Gasteiger partial charge in [-0.3, -0.25) is 0 Å². The molecule has 2 aliphatic carbocycles. The Kier molecular flexibility index (Phi) is 14.7. The van der Waals surface area contributed by atoms with Crippen LogP contribution in [0.5, 0.6) is 0 Å². The third-order valence-electron chi connectivity index (χ3n) is 9.28. The minimum atomic E-state index is 0.206. The summed E-state index contributed by atoms with van der Waals surface area (Å²) >= 11 is 0. The van der Waals surface area contributed by atoms with Gasteiger partial charge in [-0.1, -0.05) is 118 Å². The molecule has 1 heteroatoms. The van der Waals surface area contributed by atoms with Crippen molar-refractivity contribution in [2.24, 2.45) is 11.8 Å². The van der Waals surface area contributed by atoms with Crippen LogP contribution in [0, 0.1) is 11.8 Å². The lowest BCUT2D eigenvalue weighted by Crippen LogP contribution is -2.48. The smallest absolute Gasteiger partial charge is 0.0690 e. The largest absolute Gasteiger partial charge is 0.369 e. The Hall–Kier alpha value is -0.0400. The van der Waals surface area contributed by atoms with Gasteiger partial charge in [0.2, 0.25) is 0 Å². The molecule has 2 aliphatic rings. The van der Waals surface area contributed by atoms with Crippen molar-refractivity contribution in [2.45, 2.75) is 193 Å². The second-order valence-electron chi connectivity index (χ2n) is 12.6. The van der Waals surface area contributed by atoms with Gasteiger partial charge in [0.25, 0.3) is 0 Å². The molecule has 0 unspecified atom stereocenters. The van der Waals surface area contributed by atoms with Crippen LogP contribution in [0.15, 0.2) is 0 Å². The van der Waals surface area contributed by atoms with E-state index in [4.69, 9.17) is 4.74 Å². The number of unbranched alkanes of at least 4 members (excludes halogenated alkanes) is 12. The van der Waals surface area contributed by atoms with Crippen LogP contribution < -0.4 is 0 Å². The summed E-state index contributed by atoms with van der Waals surface area (Å²) in [5.74, 6) is 1.81. The first-order valence-corrected chi connectivity index (χ1v) is 15.7. The average molecular weight is 463 g/mol. The highest BCUT2D eigenvalue weighted by Crippen LogP contribution is 2.47. The van der Waals surface area contributed by atoms with Gasteiger partial charge in [-0.25, -0.2) is 0 Å². The van der Waals surface area contributed by atoms with E-state index in [9.17, 15) is 0 Å². The molecule has 0 aromatic rings. The molecule has 0 radical (unpaired) electrons. The maximum atomic E-state index is 7.49. The molecule has 2 fully saturated rings. The molecular formula is C32H62O. The van der Waals surface area contributed by atoms with Crippen molar-refractivity contribution < 1.29 is 4.74 Å². The van der Waals surface area contributed by atoms with Crippen LogP contribution in [-0.4, -0.2) is 11.2 Å². The summed E-state index contributed by atoms with van der Waals surface area (Å²) in [5, 5.41) is 0. The van der Waals surface area contributed by atoms with Crippen molar-refractivity contribution in [3.63, 3.8) is 0 Å². The second-order valence-corrected chi connectivity index (χ2v) is 12.6. The van der Waals surface area contributed by atoms with Gasteiger partial charge < -0.3 is 4.74 Å². The summed E-state index contributed by atoms with van der Waals surface area (Å²) in [6.45, 7) is 9.57. The molecule has 2 rings (SSSR count). The third-order valence-corrected chi connectivity index (χ3v) is 9.28. The fraction of sp³-hybridized carbons (Fsp3) is 1.00. The van der Waals surface area contributed by atoms with E-state index in [1.54, 1.807) is 0 Å². The average Bonchev–Trinajstić information content (AvgIpc) is 2.82. The first kappa shape index (κ1) is 29.2. The van der Waals surface area contributed by atoms with Crippen molar-refractivity contribution in [1.29, 1.82) is 0 Å². The highest BCUT2D eigenvalue weighted by atomic mass is 16.5. The molecular weight excluding hydrogens is 400 g/mol. The van der Waals surface area contributed by atoms with Gasteiger partial charge >= 0.3 is 0 Å². The Morgan fingerprint density at radius 2 is 0.788 bits per heavy atom. The maximum Gasteiger partial charge on any atom is 0.0690 e. The Morgan fingerprint density at radius 3 is 1.12 bits per heavy atom. The van der Waals surface area contributed by atoms with E-state index in [1.807, 2.05) is 0 Å². The summed E-state index contributed by atoms with van der Waals surface area (Å²) in [6.07, 6.45) is 33.4. The van der Waals surface area contributed by atoms with Gasteiger partial charge in [-0.2, -0.15) is 0 Å². The molecule has 0 aliphatic heterocycles. The van der Waals surface area contributed by atoms with Crippen LogP contribution in [0.3, 0.4) is 0 Å². The Morgan fingerprint density at radius 1 is 0.485 bits per heavy atom. The van der Waals surface area contributed by atoms with Crippen LogP contribution in [0.1, 0.15) is 182 Å². The normalized spacial score (nSPS) is 30.5. The molecule has 0 spiro atoms. The van der Waals surface area contributed by atoms with Crippen molar-refractivity contribution >= 4 is 0 Å². The summed E-state index contributed by atoms with van der Waals surface area (Å²) < 4.78 is 7.49. The van der Waals surface area contributed by atoms with Crippen LogP contribution in [0.25, 0.3) is 0 Å². The molecule has 0 N–H and O–H groups in total.